The highest BCUT2D eigenvalue weighted by atomic mass is 16.7. The highest BCUT2D eigenvalue weighted by Crippen LogP contribution is 2.49. The molecule has 2 saturated heterocycles. The van der Waals surface area contributed by atoms with E-state index in [0.29, 0.717) is 13.1 Å². The normalized spacial score (nSPS) is 33.0. The molecule has 5 heterocycles. The molecule has 1 aromatic carbocycles. The summed E-state index contributed by atoms with van der Waals surface area (Å²) in [6, 6.07) is 0. The third-order valence-corrected chi connectivity index (χ3v) is 13.1. The van der Waals surface area contributed by atoms with Crippen molar-refractivity contribution in [1.82, 2.24) is 20.4 Å². The third-order valence-electron chi connectivity index (χ3n) is 13.1. The summed E-state index contributed by atoms with van der Waals surface area (Å²) in [5, 5.41) is 40.3. The molecule has 7 rings (SSSR count). The predicted molar refractivity (Wildman–Crippen MR) is 229 cm³/mol. The maximum absolute atomic E-state index is 14.8. The lowest BCUT2D eigenvalue weighted by molar-refractivity contribution is -0.116. The highest BCUT2D eigenvalue weighted by molar-refractivity contribution is 6.32. The number of aliphatic hydroxyl groups excluding tert-OH is 2. The Balaban J connectivity index is 1.41. The van der Waals surface area contributed by atoms with Crippen molar-refractivity contribution in [3.05, 3.63) is 69.8 Å². The Kier molecular flexibility index (Phi) is 14.9. The molecule has 9 atom stereocenters. The second kappa shape index (κ2) is 19.8. The number of likely N-dealkylation sites (tertiary alicyclic amines) is 1. The van der Waals surface area contributed by atoms with E-state index in [1.165, 1.54) is 46.3 Å². The van der Waals surface area contributed by atoms with Gasteiger partial charge < -0.3 is 59.4 Å². The molecule has 2 amide bonds. The van der Waals surface area contributed by atoms with Crippen molar-refractivity contribution in [2.45, 2.75) is 91.5 Å². The molecule has 63 heavy (non-hydrogen) atoms. The van der Waals surface area contributed by atoms with Crippen LogP contribution in [0.5, 0.6) is 11.5 Å². The molecular weight excluding hydrogens is 817 g/mol. The number of amides is 2. The summed E-state index contributed by atoms with van der Waals surface area (Å²) < 4.78 is 29.6. The fourth-order valence-corrected chi connectivity index (χ4v) is 9.06. The standard InChI is InChI=1S/C46H62N4O13/c1-24-12-11-13-25(2)44(57)48-34-35(50-19-22-60-23-20-50)40(55)31-32(39(34)54)38(53)29(6)42-33(31)43(56)46(7,63-42)61-21-14-30(59-8)26(3)41(28(5)37(52)27(4)36(24)51)62-45(58)47-15-18-49-16-9-10-17-49/h11-14,21,24,26-28,30,36-37,41,51-53H,9-10,15-20,22-23H2,1-8H3,(H,47,58)(H,48,57)/b12-11+,21-14+,25-13-/t24-,26+,27+,28+,30-,36-,37+,41+,46-/m0/s1. The lowest BCUT2D eigenvalue weighted by atomic mass is 9.78. The summed E-state index contributed by atoms with van der Waals surface area (Å²) >= 11 is 0. The number of benzene rings is 1. The van der Waals surface area contributed by atoms with E-state index in [0.717, 1.165) is 25.9 Å². The number of ether oxygens (including phenoxy) is 5. The van der Waals surface area contributed by atoms with Crippen LogP contribution in [0.2, 0.25) is 0 Å². The first kappa shape index (κ1) is 47.4. The van der Waals surface area contributed by atoms with Gasteiger partial charge in [0, 0.05) is 75.0 Å². The number of morpholine rings is 1. The molecule has 0 saturated carbocycles. The molecule has 2 fully saturated rings. The molecule has 0 aromatic heterocycles. The summed E-state index contributed by atoms with van der Waals surface area (Å²) in [5.74, 6) is -8.65. The Hall–Kier alpha value is -5.07. The molecule has 1 aliphatic carbocycles. The van der Waals surface area contributed by atoms with E-state index in [1.807, 2.05) is 0 Å². The van der Waals surface area contributed by atoms with E-state index in [9.17, 15) is 39.3 Å². The van der Waals surface area contributed by atoms with Gasteiger partial charge in [0.25, 0.3) is 11.7 Å². The molecule has 5 bridgehead atoms. The summed E-state index contributed by atoms with van der Waals surface area (Å²) in [7, 11) is 1.44. The highest BCUT2D eigenvalue weighted by Gasteiger charge is 2.53. The van der Waals surface area contributed by atoms with Crippen LogP contribution in [-0.2, 0) is 23.7 Å². The van der Waals surface area contributed by atoms with Crippen molar-refractivity contribution in [2.24, 2.45) is 23.7 Å². The van der Waals surface area contributed by atoms with Gasteiger partial charge in [-0.1, -0.05) is 45.9 Å². The fourth-order valence-electron chi connectivity index (χ4n) is 9.06. The number of methoxy groups -OCH3 is 1. The molecular formula is C46H62N4O13. The van der Waals surface area contributed by atoms with Gasteiger partial charge in [0.1, 0.15) is 29.0 Å². The smallest absolute Gasteiger partial charge is 0.407 e. The van der Waals surface area contributed by atoms with E-state index < -0.39 is 94.5 Å². The predicted octanol–water partition coefficient (Wildman–Crippen LogP) is 3.55. The van der Waals surface area contributed by atoms with Crippen LogP contribution >= 0.6 is 0 Å². The molecule has 0 unspecified atom stereocenters. The number of ketones is 3. The van der Waals surface area contributed by atoms with E-state index in [1.54, 1.807) is 44.7 Å². The fraction of sp³-hybridized carbons (Fsp3) is 0.587. The lowest BCUT2D eigenvalue weighted by Gasteiger charge is -2.38. The number of aliphatic hydroxyl groups is 2. The van der Waals surface area contributed by atoms with Crippen LogP contribution in [-0.4, -0.2) is 144 Å². The van der Waals surface area contributed by atoms with Gasteiger partial charge in [0.05, 0.1) is 54.5 Å². The number of hydrogen-bond acceptors (Lipinski definition) is 15. The maximum Gasteiger partial charge on any atom is 0.407 e. The van der Waals surface area contributed by atoms with Gasteiger partial charge in [-0.2, -0.15) is 0 Å². The van der Waals surface area contributed by atoms with Crippen molar-refractivity contribution in [1.29, 1.82) is 0 Å². The summed E-state index contributed by atoms with van der Waals surface area (Å²) in [4.78, 5) is 74.7. The minimum absolute atomic E-state index is 0.00181. The van der Waals surface area contributed by atoms with E-state index in [4.69, 9.17) is 23.7 Å². The molecule has 1 aromatic rings. The van der Waals surface area contributed by atoms with Crippen molar-refractivity contribution >= 4 is 29.4 Å². The number of aromatic hydroxyl groups is 1. The monoisotopic (exact) mass is 878 g/mol. The van der Waals surface area contributed by atoms with E-state index >= 15 is 0 Å². The molecule has 17 nitrogen and oxygen atoms in total. The van der Waals surface area contributed by atoms with Crippen molar-refractivity contribution in [3.63, 3.8) is 0 Å². The number of nitrogens with zero attached hydrogens (tertiary/aromatic N) is 2. The second-order valence-corrected chi connectivity index (χ2v) is 17.4. The molecule has 6 aliphatic rings. The zero-order chi connectivity index (χ0) is 45.9. The van der Waals surface area contributed by atoms with Gasteiger partial charge in [-0.05, 0) is 45.9 Å². The number of carbonyl (C=O) groups is 5. The minimum atomic E-state index is -2.09. The Labute approximate surface area is 368 Å². The average molecular weight is 879 g/mol. The number of fused-ring (bicyclic) bond motifs is 14. The second-order valence-electron chi connectivity index (χ2n) is 17.4. The first-order chi connectivity index (χ1) is 29.9. The number of alkyl carbamates (subject to hydrolysis) is 1. The number of carbonyl (C=O) groups excluding carboxylic acids is 5. The Morgan fingerprint density at radius 1 is 0.921 bits per heavy atom. The first-order valence-corrected chi connectivity index (χ1v) is 21.8. The van der Waals surface area contributed by atoms with E-state index in [-0.39, 0.29) is 65.7 Å². The van der Waals surface area contributed by atoms with Crippen LogP contribution in [0.1, 0.15) is 91.0 Å². The Morgan fingerprint density at radius 3 is 2.27 bits per heavy atom. The van der Waals surface area contributed by atoms with Crippen LogP contribution < -0.4 is 15.4 Å². The topological polar surface area (TPSA) is 223 Å². The summed E-state index contributed by atoms with van der Waals surface area (Å²) in [5.41, 5.74) is -1.47. The zero-order valence-electron chi connectivity index (χ0n) is 37.4. The number of phenolic OH excluding ortho intramolecular Hbond substituents is 1. The molecule has 17 heteroatoms. The third kappa shape index (κ3) is 9.58. The van der Waals surface area contributed by atoms with Crippen molar-refractivity contribution in [2.75, 3.05) is 59.6 Å². The van der Waals surface area contributed by atoms with Gasteiger partial charge in [-0.25, -0.2) is 4.79 Å². The van der Waals surface area contributed by atoms with Crippen LogP contribution in [0.4, 0.5) is 4.79 Å². The van der Waals surface area contributed by atoms with Crippen LogP contribution in [0, 0.1) is 30.6 Å². The molecule has 5 N–H and O–H groups in total. The first-order valence-electron chi connectivity index (χ1n) is 21.8. The van der Waals surface area contributed by atoms with Gasteiger partial charge in [0.15, 0.2) is 0 Å². The van der Waals surface area contributed by atoms with Gasteiger partial charge in [-0.3, -0.25) is 19.2 Å². The summed E-state index contributed by atoms with van der Waals surface area (Å²) in [6.45, 7) is 15.0. The van der Waals surface area contributed by atoms with Crippen molar-refractivity contribution < 1.29 is 63.0 Å². The zero-order valence-corrected chi connectivity index (χ0v) is 37.4. The van der Waals surface area contributed by atoms with Crippen molar-refractivity contribution in [3.8, 4) is 11.5 Å². The minimum Gasteiger partial charge on any atom is -0.507 e. The number of nitrogens with one attached hydrogen (secondary N) is 2. The number of phenols is 1. The maximum atomic E-state index is 14.8. The van der Waals surface area contributed by atoms with Crippen LogP contribution in [0.25, 0.3) is 0 Å². The Morgan fingerprint density at radius 2 is 1.60 bits per heavy atom. The number of hydrogen-bond donors (Lipinski definition) is 5. The number of Topliss-reactive ketones (excluding diaryl/α,β-unsaturated/α-hetero) is 3. The number of allylic oxidation sites excluding steroid dienone is 4. The lowest BCUT2D eigenvalue weighted by Crippen LogP contribution is -2.48. The van der Waals surface area contributed by atoms with Gasteiger partial charge in [-0.15, -0.1) is 0 Å². The van der Waals surface area contributed by atoms with Gasteiger partial charge in [0.2, 0.25) is 11.6 Å². The largest absolute Gasteiger partial charge is 0.507 e. The quantitative estimate of drug-likeness (QED) is 0.276. The molecule has 0 radical (unpaired) electrons. The summed E-state index contributed by atoms with van der Waals surface area (Å²) in [6.07, 6.45) is 4.87. The molecule has 5 aliphatic heterocycles. The van der Waals surface area contributed by atoms with Crippen LogP contribution in [0.3, 0.4) is 0 Å². The number of rotatable bonds is 6. The SMILES string of the molecule is CO[C@H]1/C=C/O[C@@]2(C)Oc3c(C)c(O)c4c(c3C2=O)C(=O)C(N2CCOCC2)=C(NC(=O)/C(C)=C\C=C\[C@H](C)[C@H](O)[C@@H](C)[C@@H](O)[C@@H](C)[C@H](OC(=O)NCCN2CCCC2)[C@@H]1C)C4=O. The van der Waals surface area contributed by atoms with E-state index in [2.05, 4.69) is 15.5 Å². The molecule has 0 spiro atoms. The molecule has 344 valence electrons. The van der Waals surface area contributed by atoms with Crippen LogP contribution in [0.15, 0.2) is 47.5 Å². The average Bonchev–Trinajstić information content (AvgIpc) is 3.88. The van der Waals surface area contributed by atoms with Gasteiger partial charge >= 0.3 is 11.9 Å². The Bertz CT molecular complexity index is 2080.